The summed E-state index contributed by atoms with van der Waals surface area (Å²) in [5, 5.41) is 2.74. The standard InChI is InChI=1S/C22H26N2O4/c1-5-28-22(27)18-8-6-7-9-19(18)23-21(26)12-13-24(17(4)25)20-14-15(2)10-11-16(20)3/h6-11,14H,5,12-13H2,1-4H3,(H,23,26). The molecule has 2 aromatic rings. The van der Waals surface area contributed by atoms with Gasteiger partial charge in [-0.05, 0) is 50.1 Å². The highest BCUT2D eigenvalue weighted by Gasteiger charge is 2.17. The van der Waals surface area contributed by atoms with Gasteiger partial charge in [-0.2, -0.15) is 0 Å². The lowest BCUT2D eigenvalue weighted by Gasteiger charge is -2.23. The molecule has 28 heavy (non-hydrogen) atoms. The fourth-order valence-electron chi connectivity index (χ4n) is 2.86. The van der Waals surface area contributed by atoms with Gasteiger partial charge in [-0.1, -0.05) is 24.3 Å². The van der Waals surface area contributed by atoms with Gasteiger partial charge in [0, 0.05) is 25.6 Å². The van der Waals surface area contributed by atoms with Gasteiger partial charge in [-0.15, -0.1) is 0 Å². The van der Waals surface area contributed by atoms with E-state index in [2.05, 4.69) is 5.32 Å². The Hall–Kier alpha value is -3.15. The maximum atomic E-state index is 12.5. The molecule has 6 nitrogen and oxygen atoms in total. The highest BCUT2D eigenvalue weighted by Crippen LogP contribution is 2.22. The molecule has 0 fully saturated rings. The first-order valence-electron chi connectivity index (χ1n) is 9.24. The molecule has 148 valence electrons. The fraction of sp³-hybridized carbons (Fsp3) is 0.318. The largest absolute Gasteiger partial charge is 0.462 e. The second kappa shape index (κ2) is 9.69. The van der Waals surface area contributed by atoms with E-state index < -0.39 is 5.97 Å². The summed E-state index contributed by atoms with van der Waals surface area (Å²) >= 11 is 0. The van der Waals surface area contributed by atoms with Crippen molar-refractivity contribution < 1.29 is 19.1 Å². The van der Waals surface area contributed by atoms with Gasteiger partial charge in [0.25, 0.3) is 0 Å². The number of hydrogen-bond donors (Lipinski definition) is 1. The van der Waals surface area contributed by atoms with Gasteiger partial charge >= 0.3 is 5.97 Å². The molecule has 0 aromatic heterocycles. The van der Waals surface area contributed by atoms with E-state index in [1.165, 1.54) is 6.92 Å². The van der Waals surface area contributed by atoms with Gasteiger partial charge in [0.1, 0.15) is 0 Å². The molecule has 0 radical (unpaired) electrons. The zero-order chi connectivity index (χ0) is 20.7. The van der Waals surface area contributed by atoms with Crippen molar-refractivity contribution in [3.63, 3.8) is 0 Å². The lowest BCUT2D eigenvalue weighted by atomic mass is 10.1. The van der Waals surface area contributed by atoms with Crippen molar-refractivity contribution in [2.75, 3.05) is 23.4 Å². The molecular weight excluding hydrogens is 356 g/mol. The van der Waals surface area contributed by atoms with E-state index in [0.717, 1.165) is 16.8 Å². The van der Waals surface area contributed by atoms with E-state index in [-0.39, 0.29) is 31.4 Å². The minimum Gasteiger partial charge on any atom is -0.462 e. The summed E-state index contributed by atoms with van der Waals surface area (Å²) in [5.41, 5.74) is 3.50. The Bertz CT molecular complexity index is 877. The predicted molar refractivity (Wildman–Crippen MR) is 110 cm³/mol. The topological polar surface area (TPSA) is 75.7 Å². The third-order valence-corrected chi connectivity index (χ3v) is 4.29. The van der Waals surface area contributed by atoms with Crippen LogP contribution in [0.3, 0.4) is 0 Å². The van der Waals surface area contributed by atoms with Crippen molar-refractivity contribution in [2.45, 2.75) is 34.1 Å². The van der Waals surface area contributed by atoms with Crippen molar-refractivity contribution in [1.82, 2.24) is 0 Å². The van der Waals surface area contributed by atoms with Crippen LogP contribution in [0.1, 0.15) is 41.8 Å². The SMILES string of the molecule is CCOC(=O)c1ccccc1NC(=O)CCN(C(C)=O)c1cc(C)ccc1C. The molecule has 0 unspecified atom stereocenters. The molecule has 0 saturated carbocycles. The van der Waals surface area contributed by atoms with E-state index in [4.69, 9.17) is 4.74 Å². The van der Waals surface area contributed by atoms with E-state index in [1.807, 2.05) is 32.0 Å². The van der Waals surface area contributed by atoms with Crippen molar-refractivity contribution in [3.8, 4) is 0 Å². The number of rotatable bonds is 7. The summed E-state index contributed by atoms with van der Waals surface area (Å²) in [4.78, 5) is 38.2. The summed E-state index contributed by atoms with van der Waals surface area (Å²) < 4.78 is 5.02. The Kier molecular flexibility index (Phi) is 7.32. The van der Waals surface area contributed by atoms with Gasteiger partial charge in [-0.3, -0.25) is 9.59 Å². The number of nitrogens with one attached hydrogen (secondary N) is 1. The fourth-order valence-corrected chi connectivity index (χ4v) is 2.86. The minimum absolute atomic E-state index is 0.101. The Morgan fingerprint density at radius 2 is 1.79 bits per heavy atom. The Morgan fingerprint density at radius 1 is 1.07 bits per heavy atom. The highest BCUT2D eigenvalue weighted by molar-refractivity contribution is 6.01. The number of hydrogen-bond acceptors (Lipinski definition) is 4. The minimum atomic E-state index is -0.487. The number of carbonyl (C=O) groups is 3. The van der Waals surface area contributed by atoms with E-state index >= 15 is 0 Å². The number of esters is 1. The number of ether oxygens (including phenoxy) is 1. The number of anilines is 2. The lowest BCUT2D eigenvalue weighted by molar-refractivity contribution is -0.117. The molecule has 2 amide bonds. The maximum Gasteiger partial charge on any atom is 0.340 e. The van der Waals surface area contributed by atoms with Gasteiger partial charge in [0.2, 0.25) is 11.8 Å². The van der Waals surface area contributed by atoms with Crippen LogP contribution in [0, 0.1) is 13.8 Å². The van der Waals surface area contributed by atoms with Crippen LogP contribution in [0.4, 0.5) is 11.4 Å². The lowest BCUT2D eigenvalue weighted by Crippen LogP contribution is -2.32. The molecule has 0 aliphatic carbocycles. The van der Waals surface area contributed by atoms with Crippen LogP contribution in [0.25, 0.3) is 0 Å². The van der Waals surface area contributed by atoms with Crippen LogP contribution in [-0.4, -0.2) is 30.9 Å². The molecule has 0 bridgehead atoms. The molecule has 0 heterocycles. The molecule has 1 N–H and O–H groups in total. The first-order valence-corrected chi connectivity index (χ1v) is 9.24. The van der Waals surface area contributed by atoms with Crippen molar-refractivity contribution in [2.24, 2.45) is 0 Å². The predicted octanol–water partition coefficient (Wildman–Crippen LogP) is 3.86. The normalized spacial score (nSPS) is 10.3. The summed E-state index contributed by atoms with van der Waals surface area (Å²) in [5.74, 6) is -0.902. The van der Waals surface area contributed by atoms with Crippen LogP contribution in [-0.2, 0) is 14.3 Å². The van der Waals surface area contributed by atoms with Crippen LogP contribution in [0.2, 0.25) is 0 Å². The van der Waals surface area contributed by atoms with Gasteiger partial charge < -0.3 is 15.0 Å². The summed E-state index contributed by atoms with van der Waals surface area (Å²) in [6.45, 7) is 7.59. The van der Waals surface area contributed by atoms with Gasteiger partial charge in [-0.25, -0.2) is 4.79 Å². The van der Waals surface area contributed by atoms with Crippen LogP contribution >= 0.6 is 0 Å². The van der Waals surface area contributed by atoms with E-state index in [0.29, 0.717) is 11.3 Å². The summed E-state index contributed by atoms with van der Waals surface area (Å²) in [6, 6.07) is 12.6. The van der Waals surface area contributed by atoms with Crippen molar-refractivity contribution in [3.05, 3.63) is 59.2 Å². The number of nitrogens with zero attached hydrogens (tertiary/aromatic N) is 1. The Morgan fingerprint density at radius 3 is 2.46 bits per heavy atom. The molecule has 2 rings (SSSR count). The molecule has 0 aliphatic rings. The number of para-hydroxylation sites is 1. The Balaban J connectivity index is 2.10. The summed E-state index contributed by atoms with van der Waals surface area (Å²) in [7, 11) is 0. The maximum absolute atomic E-state index is 12.5. The van der Waals surface area contributed by atoms with Crippen LogP contribution in [0.5, 0.6) is 0 Å². The smallest absolute Gasteiger partial charge is 0.340 e. The highest BCUT2D eigenvalue weighted by atomic mass is 16.5. The third-order valence-electron chi connectivity index (χ3n) is 4.29. The molecule has 0 saturated heterocycles. The third kappa shape index (κ3) is 5.42. The van der Waals surface area contributed by atoms with Crippen molar-refractivity contribution in [1.29, 1.82) is 0 Å². The molecule has 0 spiro atoms. The average Bonchev–Trinajstić information content (AvgIpc) is 2.65. The van der Waals surface area contributed by atoms with E-state index in [1.54, 1.807) is 36.1 Å². The molecule has 0 aliphatic heterocycles. The second-order valence-electron chi connectivity index (χ2n) is 6.52. The Labute approximate surface area is 165 Å². The summed E-state index contributed by atoms with van der Waals surface area (Å²) in [6.07, 6.45) is 0.101. The number of amides is 2. The zero-order valence-corrected chi connectivity index (χ0v) is 16.7. The van der Waals surface area contributed by atoms with Gasteiger partial charge in [0.15, 0.2) is 0 Å². The second-order valence-corrected chi connectivity index (χ2v) is 6.52. The van der Waals surface area contributed by atoms with E-state index in [9.17, 15) is 14.4 Å². The molecule has 6 heteroatoms. The molecule has 2 aromatic carbocycles. The number of aryl methyl sites for hydroxylation is 2. The molecule has 0 atom stereocenters. The first kappa shape index (κ1) is 21.2. The first-order chi connectivity index (χ1) is 13.3. The molecular formula is C22H26N2O4. The quantitative estimate of drug-likeness (QED) is 0.738. The number of carbonyl (C=O) groups excluding carboxylic acids is 3. The van der Waals surface area contributed by atoms with Gasteiger partial charge in [0.05, 0.1) is 17.9 Å². The monoisotopic (exact) mass is 382 g/mol. The van der Waals surface area contributed by atoms with Crippen LogP contribution < -0.4 is 10.2 Å². The average molecular weight is 382 g/mol. The number of benzene rings is 2. The van der Waals surface area contributed by atoms with Crippen LogP contribution in [0.15, 0.2) is 42.5 Å². The van der Waals surface area contributed by atoms with Crippen molar-refractivity contribution >= 4 is 29.2 Å². The zero-order valence-electron chi connectivity index (χ0n) is 16.7.